The van der Waals surface area contributed by atoms with Crippen molar-refractivity contribution in [3.8, 4) is 11.5 Å². The van der Waals surface area contributed by atoms with Crippen molar-refractivity contribution in [2.45, 2.75) is 19.8 Å². The van der Waals surface area contributed by atoms with Gasteiger partial charge >= 0.3 is 5.97 Å². The van der Waals surface area contributed by atoms with Gasteiger partial charge in [0, 0.05) is 10.9 Å². The lowest BCUT2D eigenvalue weighted by Gasteiger charge is -2.11. The molecule has 1 N–H and O–H groups in total. The van der Waals surface area contributed by atoms with Crippen LogP contribution in [0.2, 0.25) is 0 Å². The lowest BCUT2D eigenvalue weighted by atomic mass is 10.1. The van der Waals surface area contributed by atoms with Crippen molar-refractivity contribution >= 4 is 22.8 Å². The monoisotopic (exact) mass is 411 g/mol. The molecular formula is C23H25NO6. The van der Waals surface area contributed by atoms with E-state index in [1.54, 1.807) is 25.5 Å². The third-order valence-electron chi connectivity index (χ3n) is 4.58. The largest absolute Gasteiger partial charge is 0.493 e. The number of para-hydroxylation sites is 2. The van der Waals surface area contributed by atoms with E-state index >= 15 is 0 Å². The Hall–Kier alpha value is -3.48. The van der Waals surface area contributed by atoms with E-state index in [0.717, 1.165) is 28.5 Å². The van der Waals surface area contributed by atoms with Gasteiger partial charge in [-0.15, -0.1) is 0 Å². The van der Waals surface area contributed by atoms with Gasteiger partial charge in [0.05, 0.1) is 26.3 Å². The van der Waals surface area contributed by atoms with Crippen LogP contribution in [0.5, 0.6) is 11.5 Å². The van der Waals surface area contributed by atoms with Gasteiger partial charge in [-0.05, 0) is 30.2 Å². The molecular weight excluding hydrogens is 386 g/mol. The van der Waals surface area contributed by atoms with Crippen molar-refractivity contribution in [3.05, 3.63) is 59.9 Å². The van der Waals surface area contributed by atoms with Gasteiger partial charge in [-0.25, -0.2) is 0 Å². The minimum Gasteiger partial charge on any atom is -0.493 e. The molecule has 1 aromatic heterocycles. The summed E-state index contributed by atoms with van der Waals surface area (Å²) in [5.74, 6) is 0.337. The van der Waals surface area contributed by atoms with Gasteiger partial charge in [0.2, 0.25) is 0 Å². The zero-order chi connectivity index (χ0) is 21.3. The molecule has 0 aliphatic rings. The molecule has 0 aliphatic heterocycles. The molecule has 0 unspecified atom stereocenters. The highest BCUT2D eigenvalue weighted by atomic mass is 16.5. The smallest absolute Gasteiger partial charge is 0.310 e. The Bertz CT molecular complexity index is 1010. The van der Waals surface area contributed by atoms with Gasteiger partial charge in [0.25, 0.3) is 5.91 Å². The lowest BCUT2D eigenvalue weighted by molar-refractivity contribution is -0.147. The van der Waals surface area contributed by atoms with Gasteiger partial charge in [-0.1, -0.05) is 31.2 Å². The molecule has 30 heavy (non-hydrogen) atoms. The Kier molecular flexibility index (Phi) is 7.32. The van der Waals surface area contributed by atoms with Crippen molar-refractivity contribution in [1.82, 2.24) is 5.32 Å². The van der Waals surface area contributed by atoms with Crippen LogP contribution in [0.4, 0.5) is 0 Å². The van der Waals surface area contributed by atoms with Gasteiger partial charge in [-0.3, -0.25) is 9.59 Å². The number of ether oxygens (including phenoxy) is 3. The molecule has 1 heterocycles. The van der Waals surface area contributed by atoms with Crippen LogP contribution >= 0.6 is 0 Å². The Balaban J connectivity index is 1.39. The summed E-state index contributed by atoms with van der Waals surface area (Å²) < 4.78 is 21.4. The highest BCUT2D eigenvalue weighted by Gasteiger charge is 2.13. The van der Waals surface area contributed by atoms with E-state index in [0.29, 0.717) is 11.5 Å². The van der Waals surface area contributed by atoms with Crippen molar-refractivity contribution in [1.29, 1.82) is 0 Å². The zero-order valence-electron chi connectivity index (χ0n) is 17.1. The molecule has 158 valence electrons. The minimum absolute atomic E-state index is 0.0443. The maximum absolute atomic E-state index is 12.1. The van der Waals surface area contributed by atoms with Crippen LogP contribution in [0.3, 0.4) is 0 Å². The normalized spacial score (nSPS) is 10.6. The first kappa shape index (κ1) is 21.2. The summed E-state index contributed by atoms with van der Waals surface area (Å²) in [6.45, 7) is 2.27. The number of rotatable bonds is 10. The van der Waals surface area contributed by atoms with Crippen LogP contribution in [-0.4, -0.2) is 38.7 Å². The number of nitrogens with one attached hydrogen (secondary N) is 1. The van der Waals surface area contributed by atoms with Crippen molar-refractivity contribution in [2.24, 2.45) is 0 Å². The number of benzene rings is 2. The van der Waals surface area contributed by atoms with Gasteiger partial charge < -0.3 is 23.9 Å². The molecule has 0 fully saturated rings. The molecule has 7 heteroatoms. The highest BCUT2D eigenvalue weighted by Crippen LogP contribution is 2.25. The molecule has 3 rings (SSSR count). The third kappa shape index (κ3) is 5.53. The Labute approximate surface area is 174 Å². The number of fused-ring (bicyclic) bond motifs is 1. The summed E-state index contributed by atoms with van der Waals surface area (Å²) in [6.07, 6.45) is 2.51. The van der Waals surface area contributed by atoms with Crippen molar-refractivity contribution in [3.63, 3.8) is 0 Å². The summed E-state index contributed by atoms with van der Waals surface area (Å²) in [5, 5.41) is 3.52. The van der Waals surface area contributed by atoms with Crippen LogP contribution in [0.25, 0.3) is 11.0 Å². The number of carbonyl (C=O) groups excluding carboxylic acids is 2. The summed E-state index contributed by atoms with van der Waals surface area (Å²) in [5.41, 5.74) is 2.64. The topological polar surface area (TPSA) is 87.0 Å². The van der Waals surface area contributed by atoms with E-state index in [1.165, 1.54) is 0 Å². The standard InChI is InChI=1S/C23H25NO6/c1-3-16-8-9-18-17(14-29-21(18)12-16)13-23(26)30-15-22(25)24-10-11-28-20-7-5-4-6-19(20)27-2/h4-9,12,14H,3,10-11,13,15H2,1-2H3,(H,24,25). The first-order valence-corrected chi connectivity index (χ1v) is 9.77. The van der Waals surface area contributed by atoms with Crippen molar-refractivity contribution < 1.29 is 28.2 Å². The highest BCUT2D eigenvalue weighted by molar-refractivity contribution is 5.87. The third-order valence-corrected chi connectivity index (χ3v) is 4.58. The van der Waals surface area contributed by atoms with Crippen LogP contribution in [0.1, 0.15) is 18.1 Å². The van der Waals surface area contributed by atoms with Crippen LogP contribution in [0.15, 0.2) is 53.1 Å². The molecule has 0 bridgehead atoms. The van der Waals surface area contributed by atoms with E-state index in [9.17, 15) is 9.59 Å². The second-order valence-electron chi connectivity index (χ2n) is 6.63. The van der Waals surface area contributed by atoms with E-state index in [-0.39, 0.29) is 26.2 Å². The zero-order valence-corrected chi connectivity index (χ0v) is 17.1. The van der Waals surface area contributed by atoms with E-state index in [4.69, 9.17) is 18.6 Å². The average molecular weight is 411 g/mol. The Morgan fingerprint density at radius 1 is 1.10 bits per heavy atom. The van der Waals surface area contributed by atoms with Gasteiger partial charge in [0.1, 0.15) is 12.2 Å². The molecule has 1 amide bonds. The van der Waals surface area contributed by atoms with Crippen LogP contribution in [-0.2, 0) is 27.2 Å². The van der Waals surface area contributed by atoms with Crippen molar-refractivity contribution in [2.75, 3.05) is 26.9 Å². The first-order chi connectivity index (χ1) is 14.6. The van der Waals surface area contributed by atoms with Gasteiger partial charge in [0.15, 0.2) is 18.1 Å². The fourth-order valence-corrected chi connectivity index (χ4v) is 2.98. The second kappa shape index (κ2) is 10.3. The molecule has 0 saturated heterocycles. The summed E-state index contributed by atoms with van der Waals surface area (Å²) in [6, 6.07) is 13.2. The van der Waals surface area contributed by atoms with E-state index in [1.807, 2.05) is 30.3 Å². The quantitative estimate of drug-likeness (QED) is 0.407. The van der Waals surface area contributed by atoms with Crippen LogP contribution in [0, 0.1) is 0 Å². The maximum Gasteiger partial charge on any atom is 0.310 e. The maximum atomic E-state index is 12.1. The molecule has 0 saturated carbocycles. The fourth-order valence-electron chi connectivity index (χ4n) is 2.98. The van der Waals surface area contributed by atoms with E-state index in [2.05, 4.69) is 12.2 Å². The number of methoxy groups -OCH3 is 1. The van der Waals surface area contributed by atoms with E-state index < -0.39 is 11.9 Å². The number of carbonyl (C=O) groups is 2. The number of aryl methyl sites for hydroxylation is 1. The van der Waals surface area contributed by atoms with Gasteiger partial charge in [-0.2, -0.15) is 0 Å². The molecule has 0 spiro atoms. The average Bonchev–Trinajstić information content (AvgIpc) is 3.17. The summed E-state index contributed by atoms with van der Waals surface area (Å²) in [4.78, 5) is 24.0. The first-order valence-electron chi connectivity index (χ1n) is 9.77. The number of hydrogen-bond donors (Lipinski definition) is 1. The molecule has 2 aromatic carbocycles. The molecule has 7 nitrogen and oxygen atoms in total. The Morgan fingerprint density at radius 3 is 2.67 bits per heavy atom. The number of furan rings is 1. The predicted molar refractivity (Wildman–Crippen MR) is 112 cm³/mol. The fraction of sp³-hybridized carbons (Fsp3) is 0.304. The lowest BCUT2D eigenvalue weighted by Crippen LogP contribution is -2.32. The summed E-state index contributed by atoms with van der Waals surface area (Å²) in [7, 11) is 1.56. The number of hydrogen-bond acceptors (Lipinski definition) is 6. The minimum atomic E-state index is -0.488. The molecule has 0 radical (unpaired) electrons. The second-order valence-corrected chi connectivity index (χ2v) is 6.63. The summed E-state index contributed by atoms with van der Waals surface area (Å²) >= 11 is 0. The predicted octanol–water partition coefficient (Wildman–Crippen LogP) is 3.28. The Morgan fingerprint density at radius 2 is 1.90 bits per heavy atom. The molecule has 0 aliphatic carbocycles. The van der Waals surface area contributed by atoms with Crippen LogP contribution < -0.4 is 14.8 Å². The number of amides is 1. The molecule has 3 aromatic rings. The molecule has 0 atom stereocenters. The SMILES string of the molecule is CCc1ccc2c(CC(=O)OCC(=O)NCCOc3ccccc3OC)coc2c1. The number of esters is 1.